The second kappa shape index (κ2) is 7.24. The van der Waals surface area contributed by atoms with Gasteiger partial charge >= 0.3 is 0 Å². The smallest absolute Gasteiger partial charge is 0.221 e. The molecule has 0 atom stereocenters. The van der Waals surface area contributed by atoms with Crippen LogP contribution in [0.5, 0.6) is 0 Å². The molecule has 0 unspecified atom stereocenters. The van der Waals surface area contributed by atoms with E-state index in [0.717, 1.165) is 9.86 Å². The maximum absolute atomic E-state index is 11.9. The molecule has 2 aromatic rings. The second-order valence-corrected chi connectivity index (χ2v) is 8.31. The number of benzene rings is 1. The van der Waals surface area contributed by atoms with Crippen LogP contribution in [0.25, 0.3) is 10.2 Å². The molecule has 114 valence electrons. The van der Waals surface area contributed by atoms with Crippen molar-refractivity contribution >= 4 is 39.2 Å². The van der Waals surface area contributed by atoms with Crippen molar-refractivity contribution in [3.8, 4) is 0 Å². The van der Waals surface area contributed by atoms with E-state index >= 15 is 0 Å². The van der Waals surface area contributed by atoms with Crippen molar-refractivity contribution in [2.24, 2.45) is 0 Å². The molecule has 1 N–H and O–H groups in total. The first kappa shape index (κ1) is 16.3. The molecule has 2 rings (SSSR count). The molecule has 1 aromatic carbocycles. The monoisotopic (exact) mass is 324 g/mol. The van der Waals surface area contributed by atoms with Crippen molar-refractivity contribution < 1.29 is 9.53 Å². The summed E-state index contributed by atoms with van der Waals surface area (Å²) < 4.78 is 6.92. The number of aromatic nitrogens is 1. The Morgan fingerprint density at radius 3 is 2.90 bits per heavy atom. The zero-order valence-corrected chi connectivity index (χ0v) is 14.1. The van der Waals surface area contributed by atoms with Crippen LogP contribution in [0.3, 0.4) is 0 Å². The lowest BCUT2D eigenvalue weighted by molar-refractivity contribution is -0.121. The van der Waals surface area contributed by atoms with Gasteiger partial charge in [0.2, 0.25) is 5.91 Å². The predicted molar refractivity (Wildman–Crippen MR) is 89.1 cm³/mol. The Bertz CT molecular complexity index is 577. The molecule has 0 aliphatic heterocycles. The van der Waals surface area contributed by atoms with Crippen LogP contribution in [0.2, 0.25) is 0 Å². The highest BCUT2D eigenvalue weighted by molar-refractivity contribution is 8.02. The fourth-order valence-electron chi connectivity index (χ4n) is 1.91. The Morgan fingerprint density at radius 2 is 2.19 bits per heavy atom. The van der Waals surface area contributed by atoms with Crippen molar-refractivity contribution in [3.05, 3.63) is 24.3 Å². The Morgan fingerprint density at radius 1 is 1.43 bits per heavy atom. The van der Waals surface area contributed by atoms with Crippen molar-refractivity contribution in [2.45, 2.75) is 29.4 Å². The van der Waals surface area contributed by atoms with E-state index in [1.807, 2.05) is 18.2 Å². The molecule has 0 saturated heterocycles. The minimum Gasteiger partial charge on any atom is -0.383 e. The number of carbonyl (C=O) groups is 1. The highest BCUT2D eigenvalue weighted by atomic mass is 32.2. The highest BCUT2D eigenvalue weighted by Crippen LogP contribution is 2.39. The van der Waals surface area contributed by atoms with Gasteiger partial charge in [-0.15, -0.1) is 11.3 Å². The summed E-state index contributed by atoms with van der Waals surface area (Å²) in [6, 6.07) is 8.09. The number of methoxy groups -OCH3 is 1. The van der Waals surface area contributed by atoms with Gasteiger partial charge in [-0.2, -0.15) is 0 Å². The van der Waals surface area contributed by atoms with E-state index in [4.69, 9.17) is 4.74 Å². The third kappa shape index (κ3) is 4.98. The van der Waals surface area contributed by atoms with Gasteiger partial charge < -0.3 is 10.1 Å². The first-order chi connectivity index (χ1) is 10.00. The number of hydrogen-bond donors (Lipinski definition) is 1. The van der Waals surface area contributed by atoms with Crippen LogP contribution in [-0.2, 0) is 9.53 Å². The van der Waals surface area contributed by atoms with Gasteiger partial charge in [0.05, 0.1) is 16.8 Å². The number of thiazole rings is 1. The largest absolute Gasteiger partial charge is 0.383 e. The van der Waals surface area contributed by atoms with E-state index in [2.05, 4.69) is 30.2 Å². The standard InChI is InChI=1S/C15H20N2O2S2/c1-15(2,10-13(18)16-8-9-19-3)21-14-17-11-6-4-5-7-12(11)20-14/h4-7H,8-10H2,1-3H3,(H,16,18). The minimum absolute atomic E-state index is 0.0469. The molecule has 21 heavy (non-hydrogen) atoms. The van der Waals surface area contributed by atoms with Crippen molar-refractivity contribution in [1.29, 1.82) is 0 Å². The third-order valence-electron chi connectivity index (χ3n) is 2.85. The second-order valence-electron chi connectivity index (χ2n) is 5.33. The average Bonchev–Trinajstić information content (AvgIpc) is 2.79. The first-order valence-electron chi connectivity index (χ1n) is 6.80. The summed E-state index contributed by atoms with van der Waals surface area (Å²) >= 11 is 3.33. The summed E-state index contributed by atoms with van der Waals surface area (Å²) in [5.74, 6) is 0.0469. The Balaban J connectivity index is 1.94. The molecule has 0 radical (unpaired) electrons. The summed E-state index contributed by atoms with van der Waals surface area (Å²) in [7, 11) is 1.62. The summed E-state index contributed by atoms with van der Waals surface area (Å²) in [5, 5.41) is 2.86. The summed E-state index contributed by atoms with van der Waals surface area (Å²) in [6.45, 7) is 5.23. The van der Waals surface area contributed by atoms with Gasteiger partial charge in [-0.3, -0.25) is 4.79 Å². The molecule has 1 amide bonds. The van der Waals surface area contributed by atoms with E-state index in [-0.39, 0.29) is 10.7 Å². The number of thioether (sulfide) groups is 1. The number of ether oxygens (including phenoxy) is 1. The molecule has 0 aliphatic carbocycles. The van der Waals surface area contributed by atoms with Gasteiger partial charge in [-0.25, -0.2) is 4.98 Å². The molecular formula is C15H20N2O2S2. The van der Waals surface area contributed by atoms with E-state index in [1.165, 1.54) is 4.70 Å². The van der Waals surface area contributed by atoms with Crippen LogP contribution in [0.15, 0.2) is 28.6 Å². The molecular weight excluding hydrogens is 304 g/mol. The van der Waals surface area contributed by atoms with Crippen molar-refractivity contribution in [2.75, 3.05) is 20.3 Å². The molecule has 6 heteroatoms. The van der Waals surface area contributed by atoms with Crippen molar-refractivity contribution in [1.82, 2.24) is 10.3 Å². The normalized spacial score (nSPS) is 11.8. The predicted octanol–water partition coefficient (Wildman–Crippen LogP) is 3.32. The lowest BCUT2D eigenvalue weighted by Gasteiger charge is -2.21. The Labute approximate surface area is 133 Å². The third-order valence-corrected chi connectivity index (χ3v) is 5.15. The van der Waals surface area contributed by atoms with Gasteiger partial charge in [0, 0.05) is 24.8 Å². The number of rotatable bonds is 7. The molecule has 0 saturated carbocycles. The molecule has 1 aromatic heterocycles. The summed E-state index contributed by atoms with van der Waals surface area (Å²) in [4.78, 5) is 16.5. The molecule has 0 spiro atoms. The fraction of sp³-hybridized carbons (Fsp3) is 0.467. The van der Waals surface area contributed by atoms with Crippen LogP contribution in [0.4, 0.5) is 0 Å². The number of nitrogens with one attached hydrogen (secondary N) is 1. The maximum atomic E-state index is 11.9. The van der Waals surface area contributed by atoms with Crippen LogP contribution in [-0.4, -0.2) is 35.9 Å². The summed E-state index contributed by atoms with van der Waals surface area (Å²) in [6.07, 6.45) is 0.456. The van der Waals surface area contributed by atoms with Gasteiger partial charge in [0.25, 0.3) is 0 Å². The zero-order valence-electron chi connectivity index (χ0n) is 12.5. The van der Waals surface area contributed by atoms with E-state index in [1.54, 1.807) is 30.2 Å². The molecule has 4 nitrogen and oxygen atoms in total. The lowest BCUT2D eigenvalue weighted by atomic mass is 10.1. The number of hydrogen-bond acceptors (Lipinski definition) is 5. The van der Waals surface area contributed by atoms with Crippen LogP contribution in [0.1, 0.15) is 20.3 Å². The molecule has 0 aliphatic rings. The SMILES string of the molecule is COCCNC(=O)CC(C)(C)Sc1nc2ccccc2s1. The van der Waals surface area contributed by atoms with E-state index in [0.29, 0.717) is 19.6 Å². The average molecular weight is 324 g/mol. The topological polar surface area (TPSA) is 51.2 Å². The maximum Gasteiger partial charge on any atom is 0.221 e. The first-order valence-corrected chi connectivity index (χ1v) is 8.44. The van der Waals surface area contributed by atoms with Gasteiger partial charge in [-0.05, 0) is 26.0 Å². The highest BCUT2D eigenvalue weighted by Gasteiger charge is 2.25. The van der Waals surface area contributed by atoms with Gasteiger partial charge in [0.1, 0.15) is 0 Å². The number of nitrogens with zero attached hydrogens (tertiary/aromatic N) is 1. The Kier molecular flexibility index (Phi) is 5.61. The van der Waals surface area contributed by atoms with Gasteiger partial charge in [-0.1, -0.05) is 23.9 Å². The van der Waals surface area contributed by atoms with E-state index in [9.17, 15) is 4.79 Å². The zero-order chi connectivity index (χ0) is 15.3. The number of carbonyl (C=O) groups excluding carboxylic acids is 1. The quantitative estimate of drug-likeness (QED) is 0.627. The molecule has 0 bridgehead atoms. The number of fused-ring (bicyclic) bond motifs is 1. The van der Waals surface area contributed by atoms with Crippen LogP contribution in [0, 0.1) is 0 Å². The number of amides is 1. The number of para-hydroxylation sites is 1. The van der Waals surface area contributed by atoms with Crippen LogP contribution >= 0.6 is 23.1 Å². The van der Waals surface area contributed by atoms with E-state index < -0.39 is 0 Å². The van der Waals surface area contributed by atoms with Crippen LogP contribution < -0.4 is 5.32 Å². The fourth-order valence-corrected chi connectivity index (χ4v) is 4.54. The van der Waals surface area contributed by atoms with Crippen molar-refractivity contribution in [3.63, 3.8) is 0 Å². The Hall–Kier alpha value is -1.11. The van der Waals surface area contributed by atoms with Gasteiger partial charge in [0.15, 0.2) is 4.34 Å². The lowest BCUT2D eigenvalue weighted by Crippen LogP contribution is -2.32. The molecule has 0 fully saturated rings. The minimum atomic E-state index is -0.189. The molecule has 1 heterocycles. The summed E-state index contributed by atoms with van der Waals surface area (Å²) in [5.41, 5.74) is 1.02.